The Balaban J connectivity index is 1.70. The van der Waals surface area contributed by atoms with Crippen LogP contribution in [0.1, 0.15) is 22.9 Å². The highest BCUT2D eigenvalue weighted by atomic mass is 19.1. The zero-order valence-electron chi connectivity index (χ0n) is 17.3. The number of carbonyl (C=O) groups excluding carboxylic acids is 1. The summed E-state index contributed by atoms with van der Waals surface area (Å²) in [4.78, 5) is 27.7. The second kappa shape index (κ2) is 8.52. The molecule has 0 saturated heterocycles. The van der Waals surface area contributed by atoms with Gasteiger partial charge in [0.15, 0.2) is 0 Å². The molecule has 6 heteroatoms. The first kappa shape index (κ1) is 20.5. The molecular weight excluding hydrogens is 393 g/mol. The molecule has 0 fully saturated rings. The molecular formula is C25H22FN3O2. The molecule has 0 N–H and O–H groups in total. The summed E-state index contributed by atoms with van der Waals surface area (Å²) in [5.41, 5.74) is 2.04. The van der Waals surface area contributed by atoms with E-state index in [4.69, 9.17) is 0 Å². The number of fused-ring (bicyclic) bond motifs is 1. The number of carbonyl (C=O) groups is 1. The van der Waals surface area contributed by atoms with Crippen molar-refractivity contribution >= 4 is 16.7 Å². The van der Waals surface area contributed by atoms with Gasteiger partial charge in [-0.15, -0.1) is 0 Å². The number of hydrogen-bond acceptors (Lipinski definition) is 3. The zero-order chi connectivity index (χ0) is 22.0. The molecule has 5 nitrogen and oxygen atoms in total. The highest BCUT2D eigenvalue weighted by Gasteiger charge is 2.24. The molecule has 3 aromatic carbocycles. The van der Waals surface area contributed by atoms with Crippen molar-refractivity contribution < 1.29 is 9.18 Å². The van der Waals surface area contributed by atoms with Gasteiger partial charge in [0.2, 0.25) is 5.91 Å². The van der Waals surface area contributed by atoms with Gasteiger partial charge in [0.05, 0.1) is 17.1 Å². The van der Waals surface area contributed by atoms with E-state index >= 15 is 0 Å². The van der Waals surface area contributed by atoms with E-state index in [2.05, 4.69) is 5.10 Å². The van der Waals surface area contributed by atoms with Gasteiger partial charge >= 0.3 is 0 Å². The van der Waals surface area contributed by atoms with Crippen molar-refractivity contribution in [2.45, 2.75) is 19.5 Å². The Morgan fingerprint density at radius 3 is 2.19 bits per heavy atom. The van der Waals surface area contributed by atoms with Crippen molar-refractivity contribution in [1.82, 2.24) is 14.7 Å². The second-order valence-corrected chi connectivity index (χ2v) is 7.46. The lowest BCUT2D eigenvalue weighted by Crippen LogP contribution is -2.38. The Labute approximate surface area is 179 Å². The van der Waals surface area contributed by atoms with Gasteiger partial charge in [0.1, 0.15) is 12.4 Å². The predicted molar refractivity (Wildman–Crippen MR) is 118 cm³/mol. The maximum Gasteiger partial charge on any atom is 0.275 e. The molecule has 1 unspecified atom stereocenters. The molecule has 0 aliphatic rings. The van der Waals surface area contributed by atoms with Gasteiger partial charge in [0.25, 0.3) is 5.56 Å². The van der Waals surface area contributed by atoms with Gasteiger partial charge in [-0.3, -0.25) is 9.59 Å². The molecule has 31 heavy (non-hydrogen) atoms. The topological polar surface area (TPSA) is 55.2 Å². The molecule has 156 valence electrons. The Morgan fingerprint density at radius 2 is 1.52 bits per heavy atom. The molecule has 0 bridgehead atoms. The number of halogens is 1. The summed E-state index contributed by atoms with van der Waals surface area (Å²) in [7, 11) is 1.68. The molecule has 1 amide bonds. The number of aryl methyl sites for hydroxylation is 1. The van der Waals surface area contributed by atoms with Gasteiger partial charge in [-0.25, -0.2) is 9.07 Å². The average molecular weight is 415 g/mol. The van der Waals surface area contributed by atoms with E-state index in [9.17, 15) is 14.0 Å². The Bertz CT molecular complexity index is 1280. The van der Waals surface area contributed by atoms with Crippen molar-refractivity contribution in [2.75, 3.05) is 7.05 Å². The summed E-state index contributed by atoms with van der Waals surface area (Å²) in [6, 6.07) is 22.4. The third-order valence-corrected chi connectivity index (χ3v) is 5.42. The highest BCUT2D eigenvalue weighted by Crippen LogP contribution is 2.28. The minimum atomic E-state index is -0.424. The van der Waals surface area contributed by atoms with Crippen LogP contribution in [0.4, 0.5) is 4.39 Å². The summed E-state index contributed by atoms with van der Waals surface area (Å²) in [5.74, 6) is -0.616. The van der Waals surface area contributed by atoms with Crippen molar-refractivity contribution in [1.29, 1.82) is 0 Å². The van der Waals surface area contributed by atoms with E-state index in [1.165, 1.54) is 16.8 Å². The quantitative estimate of drug-likeness (QED) is 0.493. The van der Waals surface area contributed by atoms with Crippen molar-refractivity contribution in [3.63, 3.8) is 0 Å². The molecule has 1 heterocycles. The first-order valence-corrected chi connectivity index (χ1v) is 9.98. The maximum atomic E-state index is 13.5. The van der Waals surface area contributed by atoms with Gasteiger partial charge in [0, 0.05) is 12.4 Å². The number of rotatable bonds is 5. The van der Waals surface area contributed by atoms with E-state index < -0.39 is 6.04 Å². The van der Waals surface area contributed by atoms with Crippen LogP contribution in [0.3, 0.4) is 0 Å². The molecule has 0 aliphatic heterocycles. The molecule has 1 aromatic heterocycles. The number of benzene rings is 3. The van der Waals surface area contributed by atoms with Crippen LogP contribution in [-0.2, 0) is 11.3 Å². The zero-order valence-corrected chi connectivity index (χ0v) is 17.3. The predicted octanol–water partition coefficient (Wildman–Crippen LogP) is 4.09. The van der Waals surface area contributed by atoms with Gasteiger partial charge in [-0.2, -0.15) is 5.10 Å². The van der Waals surface area contributed by atoms with Crippen LogP contribution in [-0.4, -0.2) is 27.6 Å². The summed E-state index contributed by atoms with van der Waals surface area (Å²) in [5, 5.41) is 5.65. The minimum Gasteiger partial charge on any atom is -0.333 e. The summed E-state index contributed by atoms with van der Waals surface area (Å²) in [6.45, 7) is 1.63. The van der Waals surface area contributed by atoms with Crippen LogP contribution in [0, 0.1) is 12.7 Å². The molecule has 4 aromatic rings. The first-order chi connectivity index (χ1) is 15.0. The monoisotopic (exact) mass is 415 g/mol. The number of amides is 1. The third kappa shape index (κ3) is 4.10. The fourth-order valence-corrected chi connectivity index (χ4v) is 3.82. The van der Waals surface area contributed by atoms with Crippen LogP contribution in [0.2, 0.25) is 0 Å². The maximum absolute atomic E-state index is 13.5. The van der Waals surface area contributed by atoms with Crippen LogP contribution >= 0.6 is 0 Å². The van der Waals surface area contributed by atoms with Crippen LogP contribution < -0.4 is 5.56 Å². The fourth-order valence-electron chi connectivity index (χ4n) is 3.82. The lowest BCUT2D eigenvalue weighted by atomic mass is 9.97. The average Bonchev–Trinajstić information content (AvgIpc) is 2.79. The van der Waals surface area contributed by atoms with Crippen LogP contribution in [0.15, 0.2) is 83.7 Å². The van der Waals surface area contributed by atoms with Crippen molar-refractivity contribution in [2.24, 2.45) is 0 Å². The molecule has 0 aliphatic carbocycles. The molecule has 0 saturated carbocycles. The number of aromatic nitrogens is 2. The van der Waals surface area contributed by atoms with E-state index in [1.807, 2.05) is 49.4 Å². The van der Waals surface area contributed by atoms with E-state index in [-0.39, 0.29) is 23.8 Å². The molecule has 4 rings (SSSR count). The van der Waals surface area contributed by atoms with E-state index in [0.717, 1.165) is 16.5 Å². The number of nitrogens with zero attached hydrogens (tertiary/aromatic N) is 3. The fraction of sp³-hybridized carbons (Fsp3) is 0.160. The molecule has 1 atom stereocenters. The number of hydrogen-bond donors (Lipinski definition) is 0. The normalized spacial score (nSPS) is 12.0. The van der Waals surface area contributed by atoms with Crippen molar-refractivity contribution in [3.05, 3.63) is 112 Å². The lowest BCUT2D eigenvalue weighted by molar-refractivity contribution is -0.132. The van der Waals surface area contributed by atoms with Gasteiger partial charge < -0.3 is 4.90 Å². The van der Waals surface area contributed by atoms with Gasteiger partial charge in [-0.1, -0.05) is 60.7 Å². The molecule has 0 radical (unpaired) electrons. The standard InChI is InChI=1S/C25H22FN3O2/c1-17-21-10-6-7-11-22(21)25(31)29(27-17)16-23(30)28(2)24(18-8-4-3-5-9-18)19-12-14-20(26)15-13-19/h3-15,24H,16H2,1-2H3. The summed E-state index contributed by atoms with van der Waals surface area (Å²) < 4.78 is 14.7. The van der Waals surface area contributed by atoms with Crippen molar-refractivity contribution in [3.8, 4) is 0 Å². The summed E-state index contributed by atoms with van der Waals surface area (Å²) >= 11 is 0. The number of likely N-dealkylation sites (N-methyl/N-ethyl adjacent to an activating group) is 1. The summed E-state index contributed by atoms with van der Waals surface area (Å²) in [6.07, 6.45) is 0. The van der Waals surface area contributed by atoms with E-state index in [1.54, 1.807) is 36.2 Å². The third-order valence-electron chi connectivity index (χ3n) is 5.42. The second-order valence-electron chi connectivity index (χ2n) is 7.46. The van der Waals surface area contributed by atoms with E-state index in [0.29, 0.717) is 11.1 Å². The first-order valence-electron chi connectivity index (χ1n) is 9.98. The Hall–Kier alpha value is -3.80. The SMILES string of the molecule is Cc1nn(CC(=O)N(C)C(c2ccccc2)c2ccc(F)cc2)c(=O)c2ccccc12. The highest BCUT2D eigenvalue weighted by molar-refractivity contribution is 5.83. The smallest absolute Gasteiger partial charge is 0.275 e. The van der Waals surface area contributed by atoms with Crippen LogP contribution in [0.5, 0.6) is 0 Å². The Kier molecular flexibility index (Phi) is 5.62. The van der Waals surface area contributed by atoms with Gasteiger partial charge in [-0.05, 0) is 36.2 Å². The Morgan fingerprint density at radius 1 is 0.935 bits per heavy atom. The van der Waals surface area contributed by atoms with Crippen LogP contribution in [0.25, 0.3) is 10.8 Å². The molecule has 0 spiro atoms. The minimum absolute atomic E-state index is 0.189. The lowest BCUT2D eigenvalue weighted by Gasteiger charge is -2.29. The largest absolute Gasteiger partial charge is 0.333 e.